The minimum absolute atomic E-state index is 0.0741. The lowest BCUT2D eigenvalue weighted by Gasteiger charge is -2.20. The van der Waals surface area contributed by atoms with Crippen LogP contribution in [0.4, 0.5) is 0 Å². The van der Waals surface area contributed by atoms with Crippen molar-refractivity contribution in [1.29, 1.82) is 0 Å². The van der Waals surface area contributed by atoms with Gasteiger partial charge in [0.05, 0.1) is 19.8 Å². The van der Waals surface area contributed by atoms with Gasteiger partial charge in [-0.3, -0.25) is 0 Å². The summed E-state index contributed by atoms with van der Waals surface area (Å²) in [6.45, 7) is 6.52. The maximum atomic E-state index is 9.15. The molecule has 1 rings (SSSR count). The Kier molecular flexibility index (Phi) is 4.54. The van der Waals surface area contributed by atoms with Gasteiger partial charge in [-0.1, -0.05) is 32.9 Å². The van der Waals surface area contributed by atoms with E-state index < -0.39 is 0 Å². The van der Waals surface area contributed by atoms with Crippen LogP contribution < -0.4 is 10.5 Å². The van der Waals surface area contributed by atoms with Gasteiger partial charge in [-0.25, -0.2) is 0 Å². The summed E-state index contributed by atoms with van der Waals surface area (Å²) in [5.41, 5.74) is 8.20. The Morgan fingerprint density at radius 2 is 2.00 bits per heavy atom. The van der Waals surface area contributed by atoms with Crippen molar-refractivity contribution in [1.82, 2.24) is 0 Å². The van der Waals surface area contributed by atoms with Crippen LogP contribution in [0.25, 0.3) is 0 Å². The van der Waals surface area contributed by atoms with Gasteiger partial charge in [0, 0.05) is 5.56 Å². The normalized spacial score (nSPS) is 13.5. The van der Waals surface area contributed by atoms with E-state index in [1.807, 2.05) is 12.1 Å². The number of aliphatic hydroxyl groups excluding tert-OH is 1. The van der Waals surface area contributed by atoms with Crippen molar-refractivity contribution in [2.45, 2.75) is 33.2 Å². The molecule has 0 heterocycles. The van der Waals surface area contributed by atoms with Crippen molar-refractivity contribution >= 4 is 0 Å². The van der Waals surface area contributed by atoms with Gasteiger partial charge in [-0.15, -0.1) is 0 Å². The second-order valence-corrected chi connectivity index (χ2v) is 5.60. The summed E-state index contributed by atoms with van der Waals surface area (Å²) in [5.74, 6) is 0.740. The van der Waals surface area contributed by atoms with E-state index in [2.05, 4.69) is 26.8 Å². The Hall–Kier alpha value is -1.06. The molecular formula is C14H23NO2. The lowest BCUT2D eigenvalue weighted by atomic mass is 9.87. The number of nitrogens with two attached hydrogens (primary N) is 1. The Bertz CT molecular complexity index is 369. The third-order valence-corrected chi connectivity index (χ3v) is 2.62. The van der Waals surface area contributed by atoms with Crippen molar-refractivity contribution in [2.24, 2.45) is 11.1 Å². The molecule has 3 heteroatoms. The summed E-state index contributed by atoms with van der Waals surface area (Å²) >= 11 is 0. The predicted molar refractivity (Wildman–Crippen MR) is 70.2 cm³/mol. The van der Waals surface area contributed by atoms with E-state index in [4.69, 9.17) is 15.6 Å². The van der Waals surface area contributed by atoms with Crippen LogP contribution in [0.3, 0.4) is 0 Å². The van der Waals surface area contributed by atoms with E-state index in [1.54, 1.807) is 7.11 Å². The zero-order chi connectivity index (χ0) is 13.1. The highest BCUT2D eigenvalue weighted by Gasteiger charge is 2.15. The van der Waals surface area contributed by atoms with Crippen molar-refractivity contribution in [3.8, 4) is 5.75 Å². The van der Waals surface area contributed by atoms with Crippen molar-refractivity contribution in [2.75, 3.05) is 13.7 Å². The van der Waals surface area contributed by atoms with Gasteiger partial charge < -0.3 is 15.6 Å². The average molecular weight is 237 g/mol. The zero-order valence-electron chi connectivity index (χ0n) is 11.2. The fourth-order valence-corrected chi connectivity index (χ4v) is 1.89. The molecule has 3 nitrogen and oxygen atoms in total. The Morgan fingerprint density at radius 1 is 1.35 bits per heavy atom. The lowest BCUT2D eigenvalue weighted by molar-refractivity contribution is 0.264. The molecule has 0 saturated heterocycles. The quantitative estimate of drug-likeness (QED) is 0.844. The smallest absolute Gasteiger partial charge is 0.123 e. The molecule has 0 fully saturated rings. The summed E-state index contributed by atoms with van der Waals surface area (Å²) in [4.78, 5) is 0. The summed E-state index contributed by atoms with van der Waals surface area (Å²) in [6.07, 6.45) is 0.974. The Labute approximate surface area is 104 Å². The van der Waals surface area contributed by atoms with Crippen LogP contribution in [-0.2, 0) is 6.42 Å². The molecule has 1 aromatic carbocycles. The zero-order valence-corrected chi connectivity index (χ0v) is 11.2. The number of benzene rings is 1. The molecule has 3 N–H and O–H groups in total. The number of methoxy groups -OCH3 is 1. The van der Waals surface area contributed by atoms with Gasteiger partial charge >= 0.3 is 0 Å². The predicted octanol–water partition coefficient (Wildman–Crippen LogP) is 2.28. The van der Waals surface area contributed by atoms with Gasteiger partial charge in [0.25, 0.3) is 0 Å². The fourth-order valence-electron chi connectivity index (χ4n) is 1.89. The largest absolute Gasteiger partial charge is 0.496 e. The number of hydrogen-bond acceptors (Lipinski definition) is 3. The molecule has 0 amide bonds. The van der Waals surface area contributed by atoms with Gasteiger partial charge in [0.2, 0.25) is 0 Å². The number of ether oxygens (including phenoxy) is 1. The minimum Gasteiger partial charge on any atom is -0.496 e. The average Bonchev–Trinajstić information content (AvgIpc) is 2.25. The van der Waals surface area contributed by atoms with E-state index in [0.717, 1.165) is 17.7 Å². The Balaban J connectivity index is 3.04. The lowest BCUT2D eigenvalue weighted by Crippen LogP contribution is -2.16. The van der Waals surface area contributed by atoms with E-state index in [1.165, 1.54) is 5.56 Å². The molecule has 0 aromatic heterocycles. The van der Waals surface area contributed by atoms with Gasteiger partial charge in [-0.2, -0.15) is 0 Å². The summed E-state index contributed by atoms with van der Waals surface area (Å²) in [7, 11) is 1.62. The molecule has 1 unspecified atom stereocenters. The molecular weight excluding hydrogens is 214 g/mol. The first-order valence-corrected chi connectivity index (χ1v) is 5.90. The molecule has 0 bridgehead atoms. The van der Waals surface area contributed by atoms with Crippen LogP contribution in [0.1, 0.15) is 37.9 Å². The molecule has 17 heavy (non-hydrogen) atoms. The highest BCUT2D eigenvalue weighted by atomic mass is 16.5. The fraction of sp³-hybridized carbons (Fsp3) is 0.571. The topological polar surface area (TPSA) is 55.5 Å². The van der Waals surface area contributed by atoms with Crippen LogP contribution in [0, 0.1) is 5.41 Å². The third kappa shape index (κ3) is 4.02. The Morgan fingerprint density at radius 3 is 2.47 bits per heavy atom. The molecule has 0 radical (unpaired) electrons. The minimum atomic E-state index is -0.384. The van der Waals surface area contributed by atoms with Crippen LogP contribution >= 0.6 is 0 Å². The first-order chi connectivity index (χ1) is 7.87. The molecule has 96 valence electrons. The van der Waals surface area contributed by atoms with Crippen LogP contribution in [-0.4, -0.2) is 18.8 Å². The summed E-state index contributed by atoms with van der Waals surface area (Å²) < 4.78 is 5.26. The van der Waals surface area contributed by atoms with Crippen LogP contribution in [0.15, 0.2) is 18.2 Å². The van der Waals surface area contributed by atoms with Crippen LogP contribution in [0.5, 0.6) is 5.75 Å². The van der Waals surface area contributed by atoms with Gasteiger partial charge in [0.1, 0.15) is 5.75 Å². The van der Waals surface area contributed by atoms with E-state index in [9.17, 15) is 0 Å². The van der Waals surface area contributed by atoms with Crippen molar-refractivity contribution in [3.63, 3.8) is 0 Å². The SMILES string of the molecule is COc1ccc(CC(C)(C)C)cc1C(N)CO. The monoisotopic (exact) mass is 237 g/mol. The van der Waals surface area contributed by atoms with E-state index >= 15 is 0 Å². The molecule has 0 spiro atoms. The maximum Gasteiger partial charge on any atom is 0.123 e. The second-order valence-electron chi connectivity index (χ2n) is 5.60. The molecule has 0 aliphatic carbocycles. The van der Waals surface area contributed by atoms with E-state index in [0.29, 0.717) is 0 Å². The van der Waals surface area contributed by atoms with Gasteiger partial charge in [0.15, 0.2) is 0 Å². The standard InChI is InChI=1S/C14H23NO2/c1-14(2,3)8-10-5-6-13(17-4)11(7-10)12(15)9-16/h5-7,12,16H,8-9,15H2,1-4H3. The summed E-state index contributed by atoms with van der Waals surface area (Å²) in [5, 5.41) is 9.15. The van der Waals surface area contributed by atoms with Gasteiger partial charge in [-0.05, 0) is 23.5 Å². The maximum absolute atomic E-state index is 9.15. The van der Waals surface area contributed by atoms with E-state index in [-0.39, 0.29) is 18.1 Å². The first-order valence-electron chi connectivity index (χ1n) is 5.90. The molecule has 0 saturated carbocycles. The van der Waals surface area contributed by atoms with Crippen LogP contribution in [0.2, 0.25) is 0 Å². The second kappa shape index (κ2) is 5.52. The highest BCUT2D eigenvalue weighted by Crippen LogP contribution is 2.28. The molecule has 1 aromatic rings. The molecule has 1 atom stereocenters. The number of rotatable bonds is 4. The van der Waals surface area contributed by atoms with Crippen molar-refractivity contribution in [3.05, 3.63) is 29.3 Å². The number of aliphatic hydroxyl groups is 1. The molecule has 0 aliphatic heterocycles. The third-order valence-electron chi connectivity index (χ3n) is 2.62. The first kappa shape index (κ1) is 14.0. The van der Waals surface area contributed by atoms with Crippen molar-refractivity contribution < 1.29 is 9.84 Å². The highest BCUT2D eigenvalue weighted by molar-refractivity contribution is 5.39. The number of hydrogen-bond donors (Lipinski definition) is 2. The summed E-state index contributed by atoms with van der Waals surface area (Å²) in [6, 6.07) is 5.62. The molecule has 0 aliphatic rings.